The molecule has 2 heteroatoms. The van der Waals surface area contributed by atoms with Crippen LogP contribution >= 0.6 is 0 Å². The molecule has 0 fully saturated rings. The van der Waals surface area contributed by atoms with Crippen LogP contribution in [0.1, 0.15) is 46.5 Å². The van der Waals surface area contributed by atoms with Gasteiger partial charge in [0, 0.05) is 19.3 Å². The first-order valence-electron chi connectivity index (χ1n) is 7.88. The standard InChI is InChI=1S/C19H26O2/c1-5-16-12-15(4)21-18(13-16)8-7-14(3)11-17-9-10-20-19(17)6-2/h7-8,11-12,18H,4-6,9-10,13H2,1-3H3/b8-7+,14-11+/t18-/m1/s1. The second kappa shape index (κ2) is 7.35. The van der Waals surface area contributed by atoms with Gasteiger partial charge in [-0.25, -0.2) is 0 Å². The minimum Gasteiger partial charge on any atom is -0.497 e. The van der Waals surface area contributed by atoms with Gasteiger partial charge in [-0.15, -0.1) is 0 Å². The zero-order valence-corrected chi connectivity index (χ0v) is 13.4. The average molecular weight is 286 g/mol. The van der Waals surface area contributed by atoms with Crippen molar-refractivity contribution in [2.45, 2.75) is 52.6 Å². The van der Waals surface area contributed by atoms with E-state index in [1.54, 1.807) is 0 Å². The lowest BCUT2D eigenvalue weighted by Crippen LogP contribution is -2.14. The molecule has 0 bridgehead atoms. The number of hydrogen-bond donors (Lipinski definition) is 0. The number of hydrogen-bond acceptors (Lipinski definition) is 2. The van der Waals surface area contributed by atoms with Crippen LogP contribution in [0.2, 0.25) is 0 Å². The Labute approximate surface area is 128 Å². The highest BCUT2D eigenvalue weighted by atomic mass is 16.5. The summed E-state index contributed by atoms with van der Waals surface area (Å²) in [5, 5.41) is 0. The van der Waals surface area contributed by atoms with Gasteiger partial charge in [0.15, 0.2) is 0 Å². The molecule has 0 N–H and O–H groups in total. The van der Waals surface area contributed by atoms with E-state index in [-0.39, 0.29) is 6.10 Å². The first-order chi connectivity index (χ1) is 10.1. The molecule has 0 aromatic carbocycles. The topological polar surface area (TPSA) is 18.5 Å². The molecule has 21 heavy (non-hydrogen) atoms. The minimum absolute atomic E-state index is 0.111. The minimum atomic E-state index is 0.111. The molecule has 1 atom stereocenters. The predicted molar refractivity (Wildman–Crippen MR) is 87.8 cm³/mol. The first-order valence-corrected chi connectivity index (χ1v) is 7.88. The van der Waals surface area contributed by atoms with Crippen LogP contribution in [0.5, 0.6) is 0 Å². The van der Waals surface area contributed by atoms with Crippen molar-refractivity contribution in [3.8, 4) is 0 Å². The summed E-state index contributed by atoms with van der Waals surface area (Å²) in [7, 11) is 0. The van der Waals surface area contributed by atoms with Gasteiger partial charge in [-0.2, -0.15) is 0 Å². The van der Waals surface area contributed by atoms with Crippen LogP contribution < -0.4 is 0 Å². The van der Waals surface area contributed by atoms with Crippen LogP contribution in [0.25, 0.3) is 0 Å². The molecular formula is C19H26O2. The van der Waals surface area contributed by atoms with Gasteiger partial charge >= 0.3 is 0 Å². The summed E-state index contributed by atoms with van der Waals surface area (Å²) in [5.74, 6) is 1.91. The van der Waals surface area contributed by atoms with Gasteiger partial charge in [-0.1, -0.05) is 43.7 Å². The summed E-state index contributed by atoms with van der Waals surface area (Å²) in [6.07, 6.45) is 12.7. The summed E-state index contributed by atoms with van der Waals surface area (Å²) in [4.78, 5) is 0. The lowest BCUT2D eigenvalue weighted by molar-refractivity contribution is 0.155. The van der Waals surface area contributed by atoms with E-state index in [1.165, 1.54) is 16.7 Å². The third kappa shape index (κ3) is 4.38. The molecule has 114 valence electrons. The van der Waals surface area contributed by atoms with E-state index in [1.807, 2.05) is 0 Å². The van der Waals surface area contributed by atoms with Crippen molar-refractivity contribution in [2.24, 2.45) is 0 Å². The molecule has 0 aromatic rings. The van der Waals surface area contributed by atoms with E-state index in [4.69, 9.17) is 9.47 Å². The molecule has 0 radical (unpaired) electrons. The van der Waals surface area contributed by atoms with Crippen LogP contribution in [0.3, 0.4) is 0 Å². The maximum absolute atomic E-state index is 5.76. The van der Waals surface area contributed by atoms with Crippen molar-refractivity contribution in [1.29, 1.82) is 0 Å². The van der Waals surface area contributed by atoms with Gasteiger partial charge < -0.3 is 9.47 Å². The summed E-state index contributed by atoms with van der Waals surface area (Å²) in [5.41, 5.74) is 3.98. The van der Waals surface area contributed by atoms with Crippen LogP contribution in [-0.2, 0) is 9.47 Å². The average Bonchev–Trinajstić information content (AvgIpc) is 2.91. The molecule has 2 aliphatic rings. The second-order valence-electron chi connectivity index (χ2n) is 5.63. The van der Waals surface area contributed by atoms with Crippen molar-refractivity contribution in [2.75, 3.05) is 6.61 Å². The maximum Gasteiger partial charge on any atom is 0.121 e. The Bertz CT molecular complexity index is 518. The van der Waals surface area contributed by atoms with Crippen molar-refractivity contribution >= 4 is 0 Å². The number of ether oxygens (including phenoxy) is 2. The van der Waals surface area contributed by atoms with Gasteiger partial charge in [-0.05, 0) is 31.1 Å². The van der Waals surface area contributed by atoms with E-state index in [2.05, 4.69) is 51.7 Å². The zero-order chi connectivity index (χ0) is 15.2. The summed E-state index contributed by atoms with van der Waals surface area (Å²) >= 11 is 0. The third-order valence-corrected chi connectivity index (χ3v) is 3.89. The molecular weight excluding hydrogens is 260 g/mol. The molecule has 0 saturated carbocycles. The maximum atomic E-state index is 5.76. The Morgan fingerprint density at radius 1 is 1.38 bits per heavy atom. The van der Waals surface area contributed by atoms with E-state index in [9.17, 15) is 0 Å². The molecule has 0 spiro atoms. The molecule has 0 saturated heterocycles. The van der Waals surface area contributed by atoms with E-state index in [0.29, 0.717) is 0 Å². The van der Waals surface area contributed by atoms with Gasteiger partial charge in [-0.3, -0.25) is 0 Å². The lowest BCUT2D eigenvalue weighted by atomic mass is 10.0. The molecule has 2 aliphatic heterocycles. The Morgan fingerprint density at radius 3 is 2.90 bits per heavy atom. The highest BCUT2D eigenvalue weighted by Crippen LogP contribution is 2.25. The fraction of sp³-hybridized carbons (Fsp3) is 0.474. The Kier molecular flexibility index (Phi) is 5.49. The molecule has 0 amide bonds. The quantitative estimate of drug-likeness (QED) is 0.646. The largest absolute Gasteiger partial charge is 0.497 e. The smallest absolute Gasteiger partial charge is 0.121 e. The van der Waals surface area contributed by atoms with Crippen molar-refractivity contribution in [1.82, 2.24) is 0 Å². The van der Waals surface area contributed by atoms with Crippen molar-refractivity contribution in [3.05, 3.63) is 59.1 Å². The summed E-state index contributed by atoms with van der Waals surface area (Å²) in [6, 6.07) is 0. The molecule has 2 nitrogen and oxygen atoms in total. The summed E-state index contributed by atoms with van der Waals surface area (Å²) in [6.45, 7) is 11.2. The predicted octanol–water partition coefficient (Wildman–Crippen LogP) is 5.21. The normalized spacial score (nSPS) is 23.4. The van der Waals surface area contributed by atoms with Gasteiger partial charge in [0.25, 0.3) is 0 Å². The van der Waals surface area contributed by atoms with E-state index >= 15 is 0 Å². The van der Waals surface area contributed by atoms with E-state index < -0.39 is 0 Å². The molecule has 2 rings (SSSR count). The van der Waals surface area contributed by atoms with Crippen LogP contribution in [0, 0.1) is 0 Å². The van der Waals surface area contributed by atoms with E-state index in [0.717, 1.165) is 43.8 Å². The van der Waals surface area contributed by atoms with Gasteiger partial charge in [0.05, 0.1) is 12.4 Å². The zero-order valence-electron chi connectivity index (χ0n) is 13.4. The Balaban J connectivity index is 2.01. The Hall–Kier alpha value is -1.70. The third-order valence-electron chi connectivity index (χ3n) is 3.89. The number of rotatable bonds is 5. The molecule has 0 unspecified atom stereocenters. The highest BCUT2D eigenvalue weighted by molar-refractivity contribution is 5.33. The molecule has 0 aliphatic carbocycles. The Morgan fingerprint density at radius 2 is 2.19 bits per heavy atom. The second-order valence-corrected chi connectivity index (χ2v) is 5.63. The number of allylic oxidation sites excluding steroid dienone is 5. The lowest BCUT2D eigenvalue weighted by Gasteiger charge is -2.22. The monoisotopic (exact) mass is 286 g/mol. The molecule has 2 heterocycles. The van der Waals surface area contributed by atoms with Crippen molar-refractivity contribution in [3.63, 3.8) is 0 Å². The van der Waals surface area contributed by atoms with Crippen LogP contribution in [-0.4, -0.2) is 12.7 Å². The SMILES string of the molecule is C=C1C=C(CC)C[C@@H](/C=C/C(C)=C/C2=C(CC)OCC2)O1. The van der Waals surface area contributed by atoms with Gasteiger partial charge in [0.2, 0.25) is 0 Å². The first kappa shape index (κ1) is 15.7. The highest BCUT2D eigenvalue weighted by Gasteiger charge is 2.15. The fourth-order valence-corrected chi connectivity index (χ4v) is 2.75. The van der Waals surface area contributed by atoms with Crippen LogP contribution in [0.15, 0.2) is 59.1 Å². The van der Waals surface area contributed by atoms with Crippen molar-refractivity contribution < 1.29 is 9.47 Å². The summed E-state index contributed by atoms with van der Waals surface area (Å²) < 4.78 is 11.4. The fourth-order valence-electron chi connectivity index (χ4n) is 2.75. The molecule has 0 aromatic heterocycles. The van der Waals surface area contributed by atoms with Crippen LogP contribution in [0.4, 0.5) is 0 Å². The van der Waals surface area contributed by atoms with Gasteiger partial charge in [0.1, 0.15) is 11.9 Å².